The van der Waals surface area contributed by atoms with Crippen molar-refractivity contribution in [3.8, 4) is 33.6 Å². The lowest BCUT2D eigenvalue weighted by Gasteiger charge is -2.30. The monoisotopic (exact) mass is 724 g/mol. The molecule has 5 N–H and O–H groups in total. The fourth-order valence-corrected chi connectivity index (χ4v) is 7.32. The Balaban J connectivity index is 1.11. The molecule has 14 heteroatoms. The third kappa shape index (κ3) is 8.06. The molecule has 4 heterocycles. The van der Waals surface area contributed by atoms with Crippen molar-refractivity contribution in [3.63, 3.8) is 0 Å². The van der Waals surface area contributed by atoms with Gasteiger partial charge in [-0.3, -0.25) is 9.59 Å². The minimum Gasteiger partial charge on any atom is -0.465 e. The number of nitrogens with zero attached hydrogens (tertiary/aromatic N) is 4. The van der Waals surface area contributed by atoms with Crippen LogP contribution in [0.25, 0.3) is 33.6 Å². The molecule has 2 aromatic heterocycles. The van der Waals surface area contributed by atoms with Gasteiger partial charge in [0.2, 0.25) is 11.8 Å². The molecule has 4 aromatic rings. The summed E-state index contributed by atoms with van der Waals surface area (Å²) in [4.78, 5) is 69.8. The van der Waals surface area contributed by atoms with E-state index < -0.39 is 24.3 Å². The highest BCUT2D eigenvalue weighted by atomic mass is 16.5. The number of methoxy groups -OCH3 is 1. The molecule has 4 amide bonds. The second-order valence-electron chi connectivity index (χ2n) is 14.4. The third-order valence-corrected chi connectivity index (χ3v) is 10.2. The average Bonchev–Trinajstić information content (AvgIpc) is 3.98. The van der Waals surface area contributed by atoms with Crippen molar-refractivity contribution in [1.29, 1.82) is 0 Å². The van der Waals surface area contributed by atoms with Gasteiger partial charge >= 0.3 is 12.2 Å². The maximum Gasteiger partial charge on any atom is 0.407 e. The van der Waals surface area contributed by atoms with E-state index in [1.54, 1.807) is 22.2 Å². The number of carbonyl (C=O) groups is 4. The first-order chi connectivity index (χ1) is 25.4. The van der Waals surface area contributed by atoms with E-state index in [2.05, 4.69) is 54.8 Å². The molecule has 0 saturated carbocycles. The van der Waals surface area contributed by atoms with Crippen LogP contribution in [0, 0.1) is 11.8 Å². The Morgan fingerprint density at radius 3 is 1.47 bits per heavy atom. The molecule has 2 aromatic carbocycles. The quantitative estimate of drug-likeness (QED) is 0.122. The fourth-order valence-electron chi connectivity index (χ4n) is 7.32. The van der Waals surface area contributed by atoms with Gasteiger partial charge in [-0.2, -0.15) is 0 Å². The van der Waals surface area contributed by atoms with E-state index in [4.69, 9.17) is 4.74 Å². The molecule has 0 aliphatic carbocycles. The lowest BCUT2D eigenvalue weighted by molar-refractivity contribution is -0.136. The molecule has 2 aliphatic heterocycles. The molecular weight excluding hydrogens is 676 g/mol. The lowest BCUT2D eigenvalue weighted by Crippen LogP contribution is -2.51. The van der Waals surface area contributed by atoms with E-state index in [1.807, 2.05) is 52.0 Å². The molecule has 1 unspecified atom stereocenters. The minimum atomic E-state index is -1.21. The van der Waals surface area contributed by atoms with Crippen molar-refractivity contribution in [2.24, 2.45) is 11.8 Å². The maximum absolute atomic E-state index is 13.5. The van der Waals surface area contributed by atoms with Gasteiger partial charge in [-0.25, -0.2) is 19.6 Å². The van der Waals surface area contributed by atoms with Gasteiger partial charge in [-0.15, -0.1) is 0 Å². The van der Waals surface area contributed by atoms with Gasteiger partial charge in [0, 0.05) is 13.1 Å². The number of alkyl carbamates (subject to hydrolysis) is 1. The van der Waals surface area contributed by atoms with Crippen LogP contribution < -0.4 is 10.6 Å². The largest absolute Gasteiger partial charge is 0.465 e. The predicted octanol–water partition coefficient (Wildman–Crippen LogP) is 6.13. The average molecular weight is 725 g/mol. The van der Waals surface area contributed by atoms with Crippen LogP contribution in [0.2, 0.25) is 0 Å². The number of rotatable bonds is 11. The molecule has 53 heavy (non-hydrogen) atoms. The standard InChI is InChI=1S/C39H48N8O6/c1-22(2)32(44-38(50)51)36(48)46-18-6-8-30(46)34-40-20-28(42-34)26-14-10-24(11-15-26)25-12-16-27(17-13-25)29-21-41-35(43-29)31-9-7-19-47(31)37(49)33(23(3)4)45-39(52)53-5/h10-17,20-23,30-33,44H,6-9,18-19H2,1-5H3,(H,40,42)(H,41,43)(H,45,52)(H,50,51)/t30-,31?,32-,33+/m0/s1. The molecule has 2 fully saturated rings. The van der Waals surface area contributed by atoms with Gasteiger partial charge in [-0.05, 0) is 59.8 Å². The lowest BCUT2D eigenvalue weighted by atomic mass is 10.0. The number of amides is 4. The first-order valence-corrected chi connectivity index (χ1v) is 18.2. The zero-order chi connectivity index (χ0) is 37.8. The van der Waals surface area contributed by atoms with E-state index in [1.165, 1.54) is 7.11 Å². The Morgan fingerprint density at radius 2 is 1.09 bits per heavy atom. The summed E-state index contributed by atoms with van der Waals surface area (Å²) in [6, 6.07) is 14.4. The van der Waals surface area contributed by atoms with E-state index >= 15 is 0 Å². The molecule has 0 bridgehead atoms. The number of likely N-dealkylation sites (tertiary alicyclic amines) is 2. The number of hydrogen-bond donors (Lipinski definition) is 5. The number of nitrogens with one attached hydrogen (secondary N) is 4. The Labute approximate surface area is 308 Å². The summed E-state index contributed by atoms with van der Waals surface area (Å²) >= 11 is 0. The zero-order valence-electron chi connectivity index (χ0n) is 30.8. The van der Waals surface area contributed by atoms with Crippen molar-refractivity contribution in [2.45, 2.75) is 77.5 Å². The van der Waals surface area contributed by atoms with Crippen molar-refractivity contribution in [3.05, 3.63) is 72.6 Å². The molecular formula is C39H48N8O6. The number of benzene rings is 2. The molecule has 4 atom stereocenters. The SMILES string of the molecule is COC(=O)N[C@@H](C(=O)N1CCCC1c1ncc(-c2ccc(-c3ccc(-c4cnc([C@@H]5CCCN5C(=O)[C@@H](NC(=O)O)C(C)C)[nH]4)cc3)cc2)[nH]1)C(C)C. The molecule has 280 valence electrons. The first kappa shape index (κ1) is 37.1. The fraction of sp³-hybridized carbons (Fsp3) is 0.436. The van der Waals surface area contributed by atoms with Gasteiger partial charge in [0.25, 0.3) is 0 Å². The van der Waals surface area contributed by atoms with Crippen LogP contribution in [0.4, 0.5) is 9.59 Å². The summed E-state index contributed by atoms with van der Waals surface area (Å²) in [6.07, 6.45) is 4.91. The van der Waals surface area contributed by atoms with Crippen LogP contribution >= 0.6 is 0 Å². The highest BCUT2D eigenvalue weighted by molar-refractivity contribution is 5.87. The van der Waals surface area contributed by atoms with Crippen LogP contribution in [0.3, 0.4) is 0 Å². The third-order valence-electron chi connectivity index (χ3n) is 10.2. The van der Waals surface area contributed by atoms with Crippen LogP contribution in [0.15, 0.2) is 60.9 Å². The Kier molecular flexibility index (Phi) is 11.2. The highest BCUT2D eigenvalue weighted by Gasteiger charge is 2.39. The number of carboxylic acid groups (broad SMARTS) is 1. The van der Waals surface area contributed by atoms with Crippen LogP contribution in [0.1, 0.15) is 77.1 Å². The zero-order valence-corrected chi connectivity index (χ0v) is 30.8. The number of imidazole rings is 2. The van der Waals surface area contributed by atoms with Crippen LogP contribution in [-0.2, 0) is 14.3 Å². The predicted molar refractivity (Wildman–Crippen MR) is 198 cm³/mol. The maximum atomic E-state index is 13.5. The van der Waals surface area contributed by atoms with E-state index in [0.717, 1.165) is 65.1 Å². The molecule has 14 nitrogen and oxygen atoms in total. The second kappa shape index (κ2) is 15.9. The van der Waals surface area contributed by atoms with E-state index in [9.17, 15) is 24.3 Å². The summed E-state index contributed by atoms with van der Waals surface area (Å²) in [5.41, 5.74) is 5.70. The molecule has 2 aliphatic rings. The number of hydrogen-bond acceptors (Lipinski definition) is 7. The minimum absolute atomic E-state index is 0.107. The number of aromatic nitrogens is 4. The van der Waals surface area contributed by atoms with E-state index in [-0.39, 0.29) is 35.7 Å². The van der Waals surface area contributed by atoms with Crippen molar-refractivity contribution < 1.29 is 29.0 Å². The first-order valence-electron chi connectivity index (χ1n) is 18.2. The Bertz CT molecular complexity index is 1920. The molecule has 6 rings (SSSR count). The number of carbonyl (C=O) groups excluding carboxylic acids is 3. The number of aromatic amines is 2. The van der Waals surface area contributed by atoms with Crippen molar-refractivity contribution in [2.75, 3.05) is 20.2 Å². The number of ether oxygens (including phenoxy) is 1. The summed E-state index contributed by atoms with van der Waals surface area (Å²) in [5, 5.41) is 14.3. The van der Waals surface area contributed by atoms with E-state index in [0.29, 0.717) is 18.9 Å². The van der Waals surface area contributed by atoms with Gasteiger partial charge in [-0.1, -0.05) is 76.2 Å². The number of H-pyrrole nitrogens is 2. The van der Waals surface area contributed by atoms with Crippen LogP contribution in [0.5, 0.6) is 0 Å². The Hall–Kier alpha value is -5.66. The normalized spacial score (nSPS) is 18.3. The topological polar surface area (TPSA) is 186 Å². The van der Waals surface area contributed by atoms with Crippen molar-refractivity contribution in [1.82, 2.24) is 40.4 Å². The Morgan fingerprint density at radius 1 is 0.698 bits per heavy atom. The summed E-state index contributed by atoms with van der Waals surface area (Å²) < 4.78 is 4.75. The smallest absolute Gasteiger partial charge is 0.407 e. The van der Waals surface area contributed by atoms with Crippen molar-refractivity contribution >= 4 is 24.0 Å². The summed E-state index contributed by atoms with van der Waals surface area (Å²) in [7, 11) is 1.29. The summed E-state index contributed by atoms with van der Waals surface area (Å²) in [5.74, 6) is 0.737. The molecule has 0 radical (unpaired) electrons. The van der Waals surface area contributed by atoms with Gasteiger partial charge in [0.1, 0.15) is 23.7 Å². The van der Waals surface area contributed by atoms with Gasteiger partial charge < -0.3 is 40.2 Å². The second-order valence-corrected chi connectivity index (χ2v) is 14.4. The van der Waals surface area contributed by atoms with Gasteiger partial charge in [0.05, 0.1) is 43.0 Å². The highest BCUT2D eigenvalue weighted by Crippen LogP contribution is 2.35. The molecule has 2 saturated heterocycles. The molecule has 0 spiro atoms. The summed E-state index contributed by atoms with van der Waals surface area (Å²) in [6.45, 7) is 8.59. The van der Waals surface area contributed by atoms with Gasteiger partial charge in [0.15, 0.2) is 0 Å². The van der Waals surface area contributed by atoms with Crippen LogP contribution in [-0.4, -0.2) is 91.1 Å².